The Kier molecular flexibility index (Phi) is 4.68. The van der Waals surface area contributed by atoms with Crippen LogP contribution in [0.1, 0.15) is 12.0 Å². The van der Waals surface area contributed by atoms with Crippen molar-refractivity contribution in [3.63, 3.8) is 0 Å². The predicted octanol–water partition coefficient (Wildman–Crippen LogP) is 3.77. The molecule has 0 atom stereocenters. The second kappa shape index (κ2) is 6.88. The SMILES string of the molecule is COc1ccc(SCC(=O)N2CCCc3ccccc32)cc1. The van der Waals surface area contributed by atoms with Gasteiger partial charge < -0.3 is 9.64 Å². The van der Waals surface area contributed by atoms with Crippen LogP contribution in [0.25, 0.3) is 0 Å². The van der Waals surface area contributed by atoms with Crippen molar-refractivity contribution in [2.75, 3.05) is 24.3 Å². The van der Waals surface area contributed by atoms with Gasteiger partial charge in [-0.25, -0.2) is 0 Å². The number of hydrogen-bond acceptors (Lipinski definition) is 3. The van der Waals surface area contributed by atoms with Crippen molar-refractivity contribution in [1.29, 1.82) is 0 Å². The van der Waals surface area contributed by atoms with E-state index in [-0.39, 0.29) is 5.91 Å². The van der Waals surface area contributed by atoms with Gasteiger partial charge in [-0.15, -0.1) is 11.8 Å². The highest BCUT2D eigenvalue weighted by Crippen LogP contribution is 2.28. The summed E-state index contributed by atoms with van der Waals surface area (Å²) >= 11 is 1.57. The van der Waals surface area contributed by atoms with E-state index in [4.69, 9.17) is 4.74 Å². The lowest BCUT2D eigenvalue weighted by atomic mass is 10.0. The summed E-state index contributed by atoms with van der Waals surface area (Å²) in [5.74, 6) is 1.47. The van der Waals surface area contributed by atoms with Crippen LogP contribution in [0.4, 0.5) is 5.69 Å². The van der Waals surface area contributed by atoms with Crippen LogP contribution in [0.3, 0.4) is 0 Å². The number of nitrogens with zero attached hydrogens (tertiary/aromatic N) is 1. The minimum atomic E-state index is 0.174. The topological polar surface area (TPSA) is 29.5 Å². The fourth-order valence-corrected chi connectivity index (χ4v) is 3.46. The van der Waals surface area contributed by atoms with Crippen molar-refractivity contribution in [2.45, 2.75) is 17.7 Å². The van der Waals surface area contributed by atoms with Gasteiger partial charge in [-0.3, -0.25) is 4.79 Å². The number of benzene rings is 2. The van der Waals surface area contributed by atoms with Gasteiger partial charge in [-0.1, -0.05) is 18.2 Å². The lowest BCUT2D eigenvalue weighted by Crippen LogP contribution is -2.36. The molecule has 22 heavy (non-hydrogen) atoms. The van der Waals surface area contributed by atoms with Crippen LogP contribution >= 0.6 is 11.8 Å². The molecule has 1 aliphatic rings. The van der Waals surface area contributed by atoms with E-state index in [2.05, 4.69) is 6.07 Å². The molecule has 4 heteroatoms. The molecule has 2 aromatic rings. The van der Waals surface area contributed by atoms with Gasteiger partial charge in [0.1, 0.15) is 5.75 Å². The Bertz CT molecular complexity index is 654. The highest BCUT2D eigenvalue weighted by molar-refractivity contribution is 8.00. The lowest BCUT2D eigenvalue weighted by Gasteiger charge is -2.29. The molecule has 1 amide bonds. The van der Waals surface area contributed by atoms with Gasteiger partial charge >= 0.3 is 0 Å². The molecular weight excluding hydrogens is 294 g/mol. The third-order valence-corrected chi connectivity index (χ3v) is 4.83. The maximum Gasteiger partial charge on any atom is 0.237 e. The van der Waals surface area contributed by atoms with E-state index < -0.39 is 0 Å². The summed E-state index contributed by atoms with van der Waals surface area (Å²) in [5.41, 5.74) is 2.35. The van der Waals surface area contributed by atoms with Crippen LogP contribution in [-0.2, 0) is 11.2 Å². The summed E-state index contributed by atoms with van der Waals surface area (Å²) in [6.45, 7) is 0.818. The number of fused-ring (bicyclic) bond motifs is 1. The van der Waals surface area contributed by atoms with Gasteiger partial charge in [0.15, 0.2) is 0 Å². The van der Waals surface area contributed by atoms with Crippen molar-refractivity contribution in [3.05, 3.63) is 54.1 Å². The predicted molar refractivity (Wildman–Crippen MR) is 90.8 cm³/mol. The number of amides is 1. The van der Waals surface area contributed by atoms with Crippen LogP contribution in [0.15, 0.2) is 53.4 Å². The van der Waals surface area contributed by atoms with Gasteiger partial charge in [0.2, 0.25) is 5.91 Å². The quantitative estimate of drug-likeness (QED) is 0.805. The largest absolute Gasteiger partial charge is 0.497 e. The Morgan fingerprint density at radius 2 is 1.95 bits per heavy atom. The van der Waals surface area contributed by atoms with Gasteiger partial charge in [-0.05, 0) is 48.7 Å². The third-order valence-electron chi connectivity index (χ3n) is 3.83. The van der Waals surface area contributed by atoms with Crippen molar-refractivity contribution < 1.29 is 9.53 Å². The second-order valence-corrected chi connectivity index (χ2v) is 6.29. The summed E-state index contributed by atoms with van der Waals surface area (Å²) < 4.78 is 5.14. The van der Waals surface area contributed by atoms with E-state index in [9.17, 15) is 4.79 Å². The van der Waals surface area contributed by atoms with Crippen molar-refractivity contribution in [2.24, 2.45) is 0 Å². The van der Waals surface area contributed by atoms with Gasteiger partial charge in [-0.2, -0.15) is 0 Å². The molecule has 0 spiro atoms. The van der Waals surface area contributed by atoms with Crippen molar-refractivity contribution >= 4 is 23.4 Å². The molecule has 0 saturated heterocycles. The molecule has 2 aromatic carbocycles. The highest BCUT2D eigenvalue weighted by Gasteiger charge is 2.21. The van der Waals surface area contributed by atoms with Crippen LogP contribution < -0.4 is 9.64 Å². The van der Waals surface area contributed by atoms with E-state index in [0.29, 0.717) is 5.75 Å². The Balaban J connectivity index is 1.65. The van der Waals surface area contributed by atoms with Crippen molar-refractivity contribution in [1.82, 2.24) is 0 Å². The van der Waals surface area contributed by atoms with Crippen LogP contribution in [-0.4, -0.2) is 25.3 Å². The molecule has 0 fully saturated rings. The Labute approximate surface area is 135 Å². The molecule has 0 aromatic heterocycles. The molecule has 0 bridgehead atoms. The first-order chi connectivity index (χ1) is 10.8. The normalized spacial score (nSPS) is 13.6. The first-order valence-corrected chi connectivity index (χ1v) is 8.41. The summed E-state index contributed by atoms with van der Waals surface area (Å²) in [6, 6.07) is 16.0. The smallest absolute Gasteiger partial charge is 0.237 e. The summed E-state index contributed by atoms with van der Waals surface area (Å²) in [5, 5.41) is 0. The zero-order valence-electron chi connectivity index (χ0n) is 12.6. The van der Waals surface area contributed by atoms with Crippen molar-refractivity contribution in [3.8, 4) is 5.75 Å². The van der Waals surface area contributed by atoms with E-state index in [1.54, 1.807) is 18.9 Å². The van der Waals surface area contributed by atoms with E-state index in [1.165, 1.54) is 5.56 Å². The number of anilines is 1. The number of carbonyl (C=O) groups excluding carboxylic acids is 1. The molecule has 3 nitrogen and oxygen atoms in total. The first-order valence-electron chi connectivity index (χ1n) is 7.43. The maximum absolute atomic E-state index is 12.5. The Hall–Kier alpha value is -1.94. The molecular formula is C18H19NO2S. The molecule has 0 saturated carbocycles. The summed E-state index contributed by atoms with van der Waals surface area (Å²) in [4.78, 5) is 15.5. The minimum Gasteiger partial charge on any atom is -0.497 e. The monoisotopic (exact) mass is 313 g/mol. The number of hydrogen-bond donors (Lipinski definition) is 0. The van der Waals surface area contributed by atoms with Crippen LogP contribution in [0.2, 0.25) is 0 Å². The lowest BCUT2D eigenvalue weighted by molar-refractivity contribution is -0.116. The van der Waals surface area contributed by atoms with Crippen LogP contribution in [0, 0.1) is 0 Å². The standard InChI is InChI=1S/C18H19NO2S/c1-21-15-8-10-16(11-9-15)22-13-18(20)19-12-4-6-14-5-2-3-7-17(14)19/h2-3,5,7-11H,4,6,12-13H2,1H3. The fourth-order valence-electron chi connectivity index (χ4n) is 2.69. The molecule has 0 N–H and O–H groups in total. The molecule has 0 radical (unpaired) electrons. The Morgan fingerprint density at radius 1 is 1.18 bits per heavy atom. The Morgan fingerprint density at radius 3 is 2.73 bits per heavy atom. The van der Waals surface area contributed by atoms with Gasteiger partial charge in [0.05, 0.1) is 12.9 Å². The average Bonchev–Trinajstić information content (AvgIpc) is 2.59. The zero-order valence-corrected chi connectivity index (χ0v) is 13.4. The maximum atomic E-state index is 12.5. The number of aryl methyl sites for hydroxylation is 1. The molecule has 3 rings (SSSR count). The number of carbonyl (C=O) groups is 1. The van der Waals surface area contributed by atoms with E-state index in [1.807, 2.05) is 47.4 Å². The summed E-state index contributed by atoms with van der Waals surface area (Å²) in [6.07, 6.45) is 2.10. The summed E-state index contributed by atoms with van der Waals surface area (Å²) in [7, 11) is 1.65. The average molecular weight is 313 g/mol. The minimum absolute atomic E-state index is 0.174. The highest BCUT2D eigenvalue weighted by atomic mass is 32.2. The van der Waals surface area contributed by atoms with E-state index in [0.717, 1.165) is 35.7 Å². The molecule has 0 unspecified atom stereocenters. The second-order valence-electron chi connectivity index (χ2n) is 5.24. The first kappa shape index (κ1) is 15.0. The number of ether oxygens (including phenoxy) is 1. The number of para-hydroxylation sites is 1. The molecule has 1 heterocycles. The molecule has 0 aliphatic carbocycles. The number of rotatable bonds is 4. The number of methoxy groups -OCH3 is 1. The fraction of sp³-hybridized carbons (Fsp3) is 0.278. The molecule has 1 aliphatic heterocycles. The molecule has 114 valence electrons. The third kappa shape index (κ3) is 3.28. The van der Waals surface area contributed by atoms with Crippen LogP contribution in [0.5, 0.6) is 5.75 Å². The van der Waals surface area contributed by atoms with E-state index >= 15 is 0 Å². The van der Waals surface area contributed by atoms with Gasteiger partial charge in [0, 0.05) is 17.1 Å². The van der Waals surface area contributed by atoms with Gasteiger partial charge in [0.25, 0.3) is 0 Å². The zero-order chi connectivity index (χ0) is 15.4. The number of thioether (sulfide) groups is 1.